The van der Waals surface area contributed by atoms with Crippen molar-refractivity contribution in [3.63, 3.8) is 0 Å². The molecule has 1 aromatic heterocycles. The van der Waals surface area contributed by atoms with Crippen LogP contribution in [0, 0.1) is 6.92 Å². The molecule has 0 bridgehead atoms. The SMILES string of the molecule is Cc1ccc(NC(=O)Nc2ccc(-c3cc[nH]c3)cc2)cc1C(F)(F)F. The van der Waals surface area contributed by atoms with E-state index >= 15 is 0 Å². The van der Waals surface area contributed by atoms with Crippen LogP contribution in [0.2, 0.25) is 0 Å². The van der Waals surface area contributed by atoms with Gasteiger partial charge in [0, 0.05) is 23.8 Å². The Balaban J connectivity index is 1.68. The van der Waals surface area contributed by atoms with Gasteiger partial charge in [-0.05, 0) is 53.9 Å². The number of carbonyl (C=O) groups excluding carboxylic acids is 1. The van der Waals surface area contributed by atoms with Gasteiger partial charge in [-0.1, -0.05) is 18.2 Å². The van der Waals surface area contributed by atoms with Crippen LogP contribution in [0.25, 0.3) is 11.1 Å². The maximum absolute atomic E-state index is 12.9. The highest BCUT2D eigenvalue weighted by Gasteiger charge is 2.32. The zero-order chi connectivity index (χ0) is 18.7. The Morgan fingerprint density at radius 2 is 1.58 bits per heavy atom. The van der Waals surface area contributed by atoms with Gasteiger partial charge < -0.3 is 15.6 Å². The molecule has 0 aliphatic heterocycles. The van der Waals surface area contributed by atoms with Crippen molar-refractivity contribution in [2.24, 2.45) is 0 Å². The number of halogens is 3. The number of urea groups is 1. The summed E-state index contributed by atoms with van der Waals surface area (Å²) in [6.45, 7) is 1.37. The minimum absolute atomic E-state index is 0.0735. The molecule has 2 amide bonds. The van der Waals surface area contributed by atoms with Gasteiger partial charge in [0.1, 0.15) is 0 Å². The number of benzene rings is 2. The summed E-state index contributed by atoms with van der Waals surface area (Å²) in [7, 11) is 0. The Bertz CT molecular complexity index is 901. The summed E-state index contributed by atoms with van der Waals surface area (Å²) in [6.07, 6.45) is -0.803. The standard InChI is InChI=1S/C19H16F3N3O/c1-12-2-5-16(10-17(12)19(20,21)22)25-18(26)24-15-6-3-13(4-7-15)14-8-9-23-11-14/h2-11,23H,1H3,(H2,24,25,26). The zero-order valence-electron chi connectivity index (χ0n) is 13.8. The maximum Gasteiger partial charge on any atom is 0.416 e. The Hall–Kier alpha value is -3.22. The molecule has 7 heteroatoms. The van der Waals surface area contributed by atoms with E-state index in [-0.39, 0.29) is 11.3 Å². The molecule has 0 unspecified atom stereocenters. The number of amides is 2. The van der Waals surface area contributed by atoms with Crippen LogP contribution in [0.4, 0.5) is 29.3 Å². The number of aromatic amines is 1. The van der Waals surface area contributed by atoms with Gasteiger partial charge in [-0.3, -0.25) is 0 Å². The van der Waals surface area contributed by atoms with E-state index in [4.69, 9.17) is 0 Å². The average molecular weight is 359 g/mol. The first-order valence-corrected chi connectivity index (χ1v) is 7.82. The molecular weight excluding hydrogens is 343 g/mol. The third kappa shape index (κ3) is 4.05. The molecule has 0 saturated carbocycles. The number of anilines is 2. The lowest BCUT2D eigenvalue weighted by Gasteiger charge is -2.13. The van der Waals surface area contributed by atoms with Crippen molar-refractivity contribution < 1.29 is 18.0 Å². The summed E-state index contributed by atoms with van der Waals surface area (Å²) < 4.78 is 38.8. The van der Waals surface area contributed by atoms with Crippen LogP contribution in [-0.4, -0.2) is 11.0 Å². The molecule has 1 heterocycles. The average Bonchev–Trinajstić information content (AvgIpc) is 3.11. The van der Waals surface area contributed by atoms with Crippen molar-refractivity contribution in [2.75, 3.05) is 10.6 Å². The molecule has 0 saturated heterocycles. The van der Waals surface area contributed by atoms with Crippen LogP contribution < -0.4 is 10.6 Å². The molecule has 3 rings (SSSR count). The highest BCUT2D eigenvalue weighted by Crippen LogP contribution is 2.33. The number of aryl methyl sites for hydroxylation is 1. The lowest BCUT2D eigenvalue weighted by atomic mass is 10.1. The third-order valence-corrected chi connectivity index (χ3v) is 3.87. The van der Waals surface area contributed by atoms with Crippen LogP contribution in [0.5, 0.6) is 0 Å². The number of aromatic nitrogens is 1. The summed E-state index contributed by atoms with van der Waals surface area (Å²) in [4.78, 5) is 15.0. The Kier molecular flexibility index (Phi) is 4.71. The quantitative estimate of drug-likeness (QED) is 0.556. The molecule has 134 valence electrons. The van der Waals surface area contributed by atoms with E-state index < -0.39 is 17.8 Å². The number of nitrogens with one attached hydrogen (secondary N) is 3. The second-order valence-corrected chi connectivity index (χ2v) is 5.78. The first-order valence-electron chi connectivity index (χ1n) is 7.82. The molecule has 3 N–H and O–H groups in total. The highest BCUT2D eigenvalue weighted by atomic mass is 19.4. The maximum atomic E-state index is 12.9. The predicted molar refractivity (Wildman–Crippen MR) is 95.1 cm³/mol. The molecular formula is C19H16F3N3O. The fourth-order valence-electron chi connectivity index (χ4n) is 2.55. The van der Waals surface area contributed by atoms with Crippen molar-refractivity contribution >= 4 is 17.4 Å². The largest absolute Gasteiger partial charge is 0.416 e. The first-order chi connectivity index (χ1) is 12.3. The Morgan fingerprint density at radius 3 is 2.19 bits per heavy atom. The minimum atomic E-state index is -4.47. The van der Waals surface area contributed by atoms with Crippen LogP contribution in [0.15, 0.2) is 60.9 Å². The topological polar surface area (TPSA) is 56.9 Å². The Morgan fingerprint density at radius 1 is 0.923 bits per heavy atom. The number of alkyl halides is 3. The first kappa shape index (κ1) is 17.6. The van der Waals surface area contributed by atoms with Gasteiger partial charge in [-0.2, -0.15) is 13.2 Å². The lowest BCUT2D eigenvalue weighted by molar-refractivity contribution is -0.138. The summed E-state index contributed by atoms with van der Waals surface area (Å²) in [5.74, 6) is 0. The van der Waals surface area contributed by atoms with E-state index in [2.05, 4.69) is 15.6 Å². The summed E-state index contributed by atoms with van der Waals surface area (Å²) >= 11 is 0. The molecule has 0 atom stereocenters. The number of hydrogen-bond acceptors (Lipinski definition) is 1. The normalized spacial score (nSPS) is 11.2. The van der Waals surface area contributed by atoms with E-state index in [1.165, 1.54) is 19.1 Å². The zero-order valence-corrected chi connectivity index (χ0v) is 13.8. The lowest BCUT2D eigenvalue weighted by Crippen LogP contribution is -2.20. The molecule has 4 nitrogen and oxygen atoms in total. The third-order valence-electron chi connectivity index (χ3n) is 3.87. The highest BCUT2D eigenvalue weighted by molar-refractivity contribution is 5.99. The molecule has 0 radical (unpaired) electrons. The van der Waals surface area contributed by atoms with E-state index in [1.807, 2.05) is 30.6 Å². The van der Waals surface area contributed by atoms with E-state index in [0.29, 0.717) is 5.69 Å². The van der Waals surface area contributed by atoms with Crippen molar-refractivity contribution in [3.8, 4) is 11.1 Å². The second-order valence-electron chi connectivity index (χ2n) is 5.78. The number of carbonyl (C=O) groups is 1. The fraction of sp³-hybridized carbons (Fsp3) is 0.105. The molecule has 26 heavy (non-hydrogen) atoms. The number of hydrogen-bond donors (Lipinski definition) is 3. The van der Waals surface area contributed by atoms with Gasteiger partial charge in [-0.25, -0.2) is 4.79 Å². The number of rotatable bonds is 3. The summed E-state index contributed by atoms with van der Waals surface area (Å²) in [6, 6.07) is 12.1. The fourth-order valence-corrected chi connectivity index (χ4v) is 2.55. The molecule has 3 aromatic rings. The monoisotopic (exact) mass is 359 g/mol. The van der Waals surface area contributed by atoms with Crippen LogP contribution in [-0.2, 0) is 6.18 Å². The van der Waals surface area contributed by atoms with Gasteiger partial charge >= 0.3 is 12.2 Å². The van der Waals surface area contributed by atoms with Crippen LogP contribution in [0.3, 0.4) is 0 Å². The van der Waals surface area contributed by atoms with Gasteiger partial charge in [0.25, 0.3) is 0 Å². The minimum Gasteiger partial charge on any atom is -0.367 e. The smallest absolute Gasteiger partial charge is 0.367 e. The summed E-state index contributed by atoms with van der Waals surface area (Å²) in [5, 5.41) is 5.01. The van der Waals surface area contributed by atoms with Crippen LogP contribution in [0.1, 0.15) is 11.1 Å². The van der Waals surface area contributed by atoms with Gasteiger partial charge in [0.15, 0.2) is 0 Å². The second kappa shape index (κ2) is 6.95. The molecule has 0 spiro atoms. The van der Waals surface area contributed by atoms with Crippen LogP contribution >= 0.6 is 0 Å². The van der Waals surface area contributed by atoms with Gasteiger partial charge in [0.05, 0.1) is 5.56 Å². The van der Waals surface area contributed by atoms with E-state index in [9.17, 15) is 18.0 Å². The number of H-pyrrole nitrogens is 1. The van der Waals surface area contributed by atoms with Crippen molar-refractivity contribution in [2.45, 2.75) is 13.1 Å². The van der Waals surface area contributed by atoms with Crippen molar-refractivity contribution in [3.05, 3.63) is 72.1 Å². The van der Waals surface area contributed by atoms with Crippen molar-refractivity contribution in [1.29, 1.82) is 0 Å². The van der Waals surface area contributed by atoms with Gasteiger partial charge in [-0.15, -0.1) is 0 Å². The van der Waals surface area contributed by atoms with E-state index in [0.717, 1.165) is 17.2 Å². The molecule has 2 aromatic carbocycles. The van der Waals surface area contributed by atoms with Crippen molar-refractivity contribution in [1.82, 2.24) is 4.98 Å². The van der Waals surface area contributed by atoms with E-state index in [1.54, 1.807) is 12.1 Å². The van der Waals surface area contributed by atoms with Gasteiger partial charge in [0.2, 0.25) is 0 Å². The predicted octanol–water partition coefficient (Wildman–Crippen LogP) is 5.65. The Labute approximate surface area is 148 Å². The summed E-state index contributed by atoms with van der Waals surface area (Å²) in [5.41, 5.74) is 1.93. The molecule has 0 aliphatic rings. The molecule has 0 aliphatic carbocycles. The molecule has 0 fully saturated rings.